The molecule has 0 fully saturated rings. The molecule has 4 rings (SSSR count). The van der Waals surface area contributed by atoms with Crippen molar-refractivity contribution < 1.29 is 4.92 Å². The van der Waals surface area contributed by atoms with Gasteiger partial charge in [0.2, 0.25) is 0 Å². The van der Waals surface area contributed by atoms with Crippen LogP contribution in [-0.2, 0) is 25.3 Å². The van der Waals surface area contributed by atoms with Crippen LogP contribution in [0.4, 0.5) is 5.69 Å². The van der Waals surface area contributed by atoms with E-state index in [0.29, 0.717) is 38.3 Å². The molecular formula is C24H24N4O3S3. The second-order valence-corrected chi connectivity index (χ2v) is 10.4. The molecule has 0 unspecified atom stereocenters. The highest BCUT2D eigenvalue weighted by Gasteiger charge is 2.17. The molecule has 0 aliphatic carbocycles. The second-order valence-electron chi connectivity index (χ2n) is 7.83. The van der Waals surface area contributed by atoms with Gasteiger partial charge in [-0.05, 0) is 36.2 Å². The minimum Gasteiger partial charge on any atom is -0.307 e. The van der Waals surface area contributed by atoms with E-state index < -0.39 is 4.92 Å². The van der Waals surface area contributed by atoms with Crippen LogP contribution in [0.5, 0.6) is 0 Å². The van der Waals surface area contributed by atoms with E-state index in [1.54, 1.807) is 16.7 Å². The van der Waals surface area contributed by atoms with Crippen molar-refractivity contribution >= 4 is 51.4 Å². The first kappa shape index (κ1) is 24.3. The number of unbranched alkanes of at least 4 members (excludes halogenated alkanes) is 1. The molecule has 2 aromatic carbocycles. The molecule has 0 aliphatic rings. The number of thiazole rings is 1. The monoisotopic (exact) mass is 512 g/mol. The Morgan fingerprint density at radius 1 is 1.09 bits per heavy atom. The summed E-state index contributed by atoms with van der Waals surface area (Å²) in [6, 6.07) is 16.7. The predicted molar refractivity (Wildman–Crippen MR) is 140 cm³/mol. The van der Waals surface area contributed by atoms with Gasteiger partial charge in [0.25, 0.3) is 11.2 Å². The van der Waals surface area contributed by atoms with Crippen molar-refractivity contribution in [1.29, 1.82) is 0 Å². The first-order valence-corrected chi connectivity index (χ1v) is 13.2. The van der Waals surface area contributed by atoms with Gasteiger partial charge >= 0.3 is 0 Å². The largest absolute Gasteiger partial charge is 0.307 e. The van der Waals surface area contributed by atoms with Crippen molar-refractivity contribution in [2.45, 2.75) is 50.2 Å². The Bertz CT molecular complexity index is 1430. The first-order chi connectivity index (χ1) is 16.5. The Hall–Kier alpha value is -2.82. The normalized spacial score (nSPS) is 11.2. The van der Waals surface area contributed by atoms with Gasteiger partial charge in [-0.2, -0.15) is 0 Å². The maximum Gasteiger partial charge on any atom is 0.273 e. The molecule has 0 atom stereocenters. The average Bonchev–Trinajstić information content (AvgIpc) is 3.17. The number of aromatic nitrogens is 3. The summed E-state index contributed by atoms with van der Waals surface area (Å²) in [7, 11) is 0. The number of nitro benzene ring substituents is 1. The fourth-order valence-corrected chi connectivity index (χ4v) is 5.91. The Labute approximate surface area is 210 Å². The number of hydrogen-bond acceptors (Lipinski definition) is 7. The lowest BCUT2D eigenvalue weighted by Crippen LogP contribution is -2.23. The number of thioether (sulfide) groups is 1. The molecule has 7 nitrogen and oxygen atoms in total. The Morgan fingerprint density at radius 2 is 1.85 bits per heavy atom. The number of nitro groups is 1. The fourth-order valence-electron chi connectivity index (χ4n) is 3.62. The number of rotatable bonds is 10. The second kappa shape index (κ2) is 11.1. The number of aryl methyl sites for hydroxylation is 2. The molecule has 0 saturated heterocycles. The molecule has 2 aromatic heterocycles. The standard InChI is InChI=1S/C24H24N4O3S3/c1-2-3-13-27-22(29)20-21(26(24(32)34-20)14-12-17-8-5-4-6-9-17)25-23(27)33-16-18-10-7-11-19(15-18)28(30)31/h4-11,15H,2-3,12-14,16H2,1H3. The Morgan fingerprint density at radius 3 is 2.59 bits per heavy atom. The van der Waals surface area contributed by atoms with Crippen LogP contribution >= 0.6 is 35.3 Å². The lowest BCUT2D eigenvalue weighted by Gasteiger charge is -2.12. The summed E-state index contributed by atoms with van der Waals surface area (Å²) in [5.74, 6) is 0.473. The maximum absolute atomic E-state index is 13.4. The number of nitrogens with zero attached hydrogens (tertiary/aromatic N) is 4. The van der Waals surface area contributed by atoms with E-state index in [-0.39, 0.29) is 11.2 Å². The van der Waals surface area contributed by atoms with Crippen molar-refractivity contribution in [2.75, 3.05) is 0 Å². The Balaban J connectivity index is 1.70. The summed E-state index contributed by atoms with van der Waals surface area (Å²) in [5.41, 5.74) is 2.60. The van der Waals surface area contributed by atoms with E-state index in [4.69, 9.17) is 17.2 Å². The molecule has 2 heterocycles. The van der Waals surface area contributed by atoms with Crippen molar-refractivity contribution in [3.63, 3.8) is 0 Å². The predicted octanol–water partition coefficient (Wildman–Crippen LogP) is 6.23. The summed E-state index contributed by atoms with van der Waals surface area (Å²) in [4.78, 5) is 29.0. The quantitative estimate of drug-likeness (QED) is 0.0823. The molecule has 10 heteroatoms. The summed E-state index contributed by atoms with van der Waals surface area (Å²) in [6.45, 7) is 3.30. The van der Waals surface area contributed by atoms with Gasteiger partial charge in [-0.1, -0.05) is 78.9 Å². The summed E-state index contributed by atoms with van der Waals surface area (Å²) in [6.07, 6.45) is 2.60. The first-order valence-electron chi connectivity index (χ1n) is 11.0. The van der Waals surface area contributed by atoms with Gasteiger partial charge in [-0.25, -0.2) is 4.98 Å². The van der Waals surface area contributed by atoms with E-state index in [1.807, 2.05) is 28.8 Å². The minimum atomic E-state index is -0.401. The SMILES string of the molecule is CCCCn1c(SCc2cccc([N+](=O)[O-])c2)nc2c(sc(=S)n2CCc2ccccc2)c1=O. The topological polar surface area (TPSA) is 83.0 Å². The summed E-state index contributed by atoms with van der Waals surface area (Å²) >= 11 is 8.34. The van der Waals surface area contributed by atoms with E-state index in [0.717, 1.165) is 24.8 Å². The van der Waals surface area contributed by atoms with Crippen LogP contribution in [0.2, 0.25) is 0 Å². The maximum atomic E-state index is 13.4. The molecule has 176 valence electrons. The van der Waals surface area contributed by atoms with Gasteiger partial charge in [-0.15, -0.1) is 0 Å². The third-order valence-corrected chi connectivity index (χ3v) is 7.91. The lowest BCUT2D eigenvalue weighted by atomic mass is 10.1. The molecule has 0 radical (unpaired) electrons. The van der Waals surface area contributed by atoms with Gasteiger partial charge in [0, 0.05) is 31.0 Å². The molecule has 4 aromatic rings. The van der Waals surface area contributed by atoms with Crippen LogP contribution < -0.4 is 5.56 Å². The molecule has 0 bridgehead atoms. The highest BCUT2D eigenvalue weighted by Crippen LogP contribution is 2.27. The van der Waals surface area contributed by atoms with Gasteiger partial charge in [0.05, 0.1) is 4.92 Å². The van der Waals surface area contributed by atoms with E-state index in [9.17, 15) is 14.9 Å². The molecule has 0 saturated carbocycles. The van der Waals surface area contributed by atoms with Crippen LogP contribution in [0.15, 0.2) is 64.5 Å². The zero-order chi connectivity index (χ0) is 24.1. The van der Waals surface area contributed by atoms with E-state index in [1.165, 1.54) is 34.7 Å². The van der Waals surface area contributed by atoms with Crippen LogP contribution in [0.1, 0.15) is 30.9 Å². The van der Waals surface area contributed by atoms with Crippen molar-refractivity contribution in [1.82, 2.24) is 14.1 Å². The zero-order valence-electron chi connectivity index (χ0n) is 18.7. The molecule has 0 N–H and O–H groups in total. The lowest BCUT2D eigenvalue weighted by molar-refractivity contribution is -0.384. The third-order valence-electron chi connectivity index (χ3n) is 5.43. The third kappa shape index (κ3) is 5.45. The molecule has 34 heavy (non-hydrogen) atoms. The van der Waals surface area contributed by atoms with E-state index >= 15 is 0 Å². The summed E-state index contributed by atoms with van der Waals surface area (Å²) < 4.78 is 4.89. The minimum absolute atomic E-state index is 0.0530. The number of fused-ring (bicyclic) bond motifs is 1. The smallest absolute Gasteiger partial charge is 0.273 e. The molecule has 0 spiro atoms. The van der Waals surface area contributed by atoms with Crippen molar-refractivity contribution in [3.8, 4) is 0 Å². The van der Waals surface area contributed by atoms with Gasteiger partial charge in [-0.3, -0.25) is 19.5 Å². The number of benzene rings is 2. The van der Waals surface area contributed by atoms with Crippen molar-refractivity contribution in [2.24, 2.45) is 0 Å². The fraction of sp³-hybridized carbons (Fsp3) is 0.292. The van der Waals surface area contributed by atoms with Gasteiger partial charge in [0.1, 0.15) is 4.70 Å². The van der Waals surface area contributed by atoms with Gasteiger partial charge < -0.3 is 4.57 Å². The van der Waals surface area contributed by atoms with Gasteiger partial charge in [0.15, 0.2) is 14.8 Å². The number of non-ortho nitro benzene ring substituents is 1. The zero-order valence-corrected chi connectivity index (χ0v) is 21.1. The van der Waals surface area contributed by atoms with Crippen LogP contribution in [-0.4, -0.2) is 19.0 Å². The molecule has 0 aliphatic heterocycles. The molecular weight excluding hydrogens is 488 g/mol. The van der Waals surface area contributed by atoms with Crippen LogP contribution in [0.25, 0.3) is 10.3 Å². The van der Waals surface area contributed by atoms with E-state index in [2.05, 4.69) is 19.1 Å². The summed E-state index contributed by atoms with van der Waals surface area (Å²) in [5, 5.41) is 11.7. The van der Waals surface area contributed by atoms with Crippen LogP contribution in [0, 0.1) is 14.1 Å². The number of hydrogen-bond donors (Lipinski definition) is 0. The highest BCUT2D eigenvalue weighted by atomic mass is 32.2. The van der Waals surface area contributed by atoms with Crippen LogP contribution in [0.3, 0.4) is 0 Å². The molecule has 0 amide bonds. The van der Waals surface area contributed by atoms with Crippen molar-refractivity contribution in [3.05, 3.63) is 90.1 Å². The Kier molecular flexibility index (Phi) is 7.91. The average molecular weight is 513 g/mol. The highest BCUT2D eigenvalue weighted by molar-refractivity contribution is 7.98.